The molecule has 3 rings (SSSR count). The number of nitrogens with one attached hydrogen (secondary N) is 1. The molecule has 0 saturated carbocycles. The molecule has 29 heavy (non-hydrogen) atoms. The Kier molecular flexibility index (Phi) is 7.60. The highest BCUT2D eigenvalue weighted by atomic mass is 16.3. The summed E-state index contributed by atoms with van der Waals surface area (Å²) in [6, 6.07) is 26.5. The molecule has 0 spiro atoms. The van der Waals surface area contributed by atoms with E-state index in [4.69, 9.17) is 0 Å². The van der Waals surface area contributed by atoms with Crippen molar-refractivity contribution < 1.29 is 9.90 Å². The van der Waals surface area contributed by atoms with Crippen molar-refractivity contribution in [1.29, 1.82) is 0 Å². The van der Waals surface area contributed by atoms with E-state index in [0.29, 0.717) is 13.0 Å². The maximum Gasteiger partial charge on any atom is 0.224 e. The summed E-state index contributed by atoms with van der Waals surface area (Å²) in [4.78, 5) is 12.2. The summed E-state index contributed by atoms with van der Waals surface area (Å²) in [5.41, 5.74) is 5.84. The van der Waals surface area contributed by atoms with Crippen LogP contribution in [0.15, 0.2) is 78.9 Å². The molecule has 0 aliphatic heterocycles. The van der Waals surface area contributed by atoms with E-state index in [9.17, 15) is 9.90 Å². The molecule has 2 N–H and O–H groups in total. The minimum absolute atomic E-state index is 0.0452. The second kappa shape index (κ2) is 10.6. The summed E-state index contributed by atoms with van der Waals surface area (Å²) in [7, 11) is 0. The molecular weight excluding hydrogens is 358 g/mol. The summed E-state index contributed by atoms with van der Waals surface area (Å²) in [5, 5.41) is 12.8. The van der Waals surface area contributed by atoms with E-state index in [1.165, 1.54) is 11.1 Å². The molecule has 3 heteroatoms. The quantitative estimate of drug-likeness (QED) is 0.578. The molecular formula is C26H29NO2. The van der Waals surface area contributed by atoms with Gasteiger partial charge in [0.1, 0.15) is 0 Å². The van der Waals surface area contributed by atoms with Crippen LogP contribution in [-0.4, -0.2) is 24.2 Å². The highest BCUT2D eigenvalue weighted by Gasteiger charge is 2.11. The smallest absolute Gasteiger partial charge is 0.224 e. The van der Waals surface area contributed by atoms with Crippen LogP contribution < -0.4 is 5.32 Å². The van der Waals surface area contributed by atoms with Gasteiger partial charge >= 0.3 is 0 Å². The number of aliphatic hydroxyl groups excluding tert-OH is 1. The van der Waals surface area contributed by atoms with Crippen molar-refractivity contribution in [1.82, 2.24) is 5.32 Å². The fraction of sp³-hybridized carbons (Fsp3) is 0.269. The minimum Gasteiger partial charge on any atom is -0.396 e. The van der Waals surface area contributed by atoms with Crippen LogP contribution in [0, 0.1) is 6.92 Å². The van der Waals surface area contributed by atoms with E-state index in [1.54, 1.807) is 0 Å². The van der Waals surface area contributed by atoms with Crippen LogP contribution >= 0.6 is 0 Å². The van der Waals surface area contributed by atoms with Crippen LogP contribution in [0.4, 0.5) is 0 Å². The van der Waals surface area contributed by atoms with Gasteiger partial charge in [0.15, 0.2) is 0 Å². The van der Waals surface area contributed by atoms with Gasteiger partial charge in [0.05, 0.1) is 13.0 Å². The van der Waals surface area contributed by atoms with Gasteiger partial charge in [0.2, 0.25) is 5.91 Å². The second-order valence-electron chi connectivity index (χ2n) is 7.51. The number of hydrogen-bond donors (Lipinski definition) is 2. The molecule has 0 fully saturated rings. The summed E-state index contributed by atoms with van der Waals surface area (Å²) >= 11 is 0. The molecule has 3 aromatic rings. The fourth-order valence-electron chi connectivity index (χ4n) is 3.57. The summed E-state index contributed by atoms with van der Waals surface area (Å²) in [6.07, 6.45) is 2.01. The molecule has 1 unspecified atom stereocenters. The lowest BCUT2D eigenvalue weighted by Gasteiger charge is -2.15. The topological polar surface area (TPSA) is 49.3 Å². The van der Waals surface area contributed by atoms with Crippen molar-refractivity contribution >= 4 is 5.91 Å². The third-order valence-corrected chi connectivity index (χ3v) is 5.34. The zero-order valence-electron chi connectivity index (χ0n) is 17.0. The van der Waals surface area contributed by atoms with Crippen molar-refractivity contribution in [3.8, 4) is 0 Å². The van der Waals surface area contributed by atoms with Crippen LogP contribution in [0.5, 0.6) is 0 Å². The Balaban J connectivity index is 1.48. The normalized spacial score (nSPS) is 11.8. The van der Waals surface area contributed by atoms with E-state index in [1.807, 2.05) is 42.5 Å². The second-order valence-corrected chi connectivity index (χ2v) is 7.51. The lowest BCUT2D eigenvalue weighted by Crippen LogP contribution is -2.27. The SMILES string of the molecule is Cc1ccccc1CCNC(=O)Cc1ccc(CC(CO)c2ccccc2)cc1. The number of rotatable bonds is 9. The summed E-state index contributed by atoms with van der Waals surface area (Å²) in [6.45, 7) is 2.87. The van der Waals surface area contributed by atoms with Crippen LogP contribution in [0.25, 0.3) is 0 Å². The number of amides is 1. The van der Waals surface area contributed by atoms with Crippen molar-refractivity contribution in [2.24, 2.45) is 0 Å². The molecule has 0 saturated heterocycles. The third kappa shape index (κ3) is 6.30. The number of aryl methyl sites for hydroxylation is 1. The maximum absolute atomic E-state index is 12.2. The molecule has 3 nitrogen and oxygen atoms in total. The largest absolute Gasteiger partial charge is 0.396 e. The molecule has 0 aliphatic rings. The number of aliphatic hydroxyl groups is 1. The predicted molar refractivity (Wildman–Crippen MR) is 118 cm³/mol. The maximum atomic E-state index is 12.2. The molecule has 150 valence electrons. The molecule has 0 radical (unpaired) electrons. The Hall–Kier alpha value is -2.91. The first-order chi connectivity index (χ1) is 14.2. The number of carbonyl (C=O) groups is 1. The lowest BCUT2D eigenvalue weighted by atomic mass is 9.92. The Morgan fingerprint density at radius 2 is 1.55 bits per heavy atom. The average Bonchev–Trinajstić information content (AvgIpc) is 2.75. The number of benzene rings is 3. The first kappa shape index (κ1) is 20.8. The van der Waals surface area contributed by atoms with Gasteiger partial charge in [0.25, 0.3) is 0 Å². The Morgan fingerprint density at radius 3 is 2.24 bits per heavy atom. The first-order valence-corrected chi connectivity index (χ1v) is 10.2. The van der Waals surface area contributed by atoms with E-state index in [0.717, 1.165) is 29.5 Å². The van der Waals surface area contributed by atoms with Gasteiger partial charge in [-0.2, -0.15) is 0 Å². The van der Waals surface area contributed by atoms with Gasteiger partial charge < -0.3 is 10.4 Å². The van der Waals surface area contributed by atoms with Gasteiger partial charge in [-0.1, -0.05) is 78.9 Å². The van der Waals surface area contributed by atoms with Crippen LogP contribution in [0.3, 0.4) is 0 Å². The van der Waals surface area contributed by atoms with E-state index >= 15 is 0 Å². The van der Waals surface area contributed by atoms with Crippen LogP contribution in [0.2, 0.25) is 0 Å². The molecule has 0 bridgehead atoms. The molecule has 1 amide bonds. The third-order valence-electron chi connectivity index (χ3n) is 5.34. The van der Waals surface area contributed by atoms with Crippen molar-refractivity contribution in [2.45, 2.75) is 32.1 Å². The van der Waals surface area contributed by atoms with E-state index in [-0.39, 0.29) is 18.4 Å². The van der Waals surface area contributed by atoms with E-state index < -0.39 is 0 Å². The highest BCUT2D eigenvalue weighted by molar-refractivity contribution is 5.78. The van der Waals surface area contributed by atoms with Crippen molar-refractivity contribution in [3.63, 3.8) is 0 Å². The molecule has 0 aromatic heterocycles. The molecule has 0 heterocycles. The lowest BCUT2D eigenvalue weighted by molar-refractivity contribution is -0.120. The standard InChI is InChI=1S/C26H29NO2/c1-20-7-5-6-8-23(20)15-16-27-26(29)18-22-13-11-21(12-14-22)17-25(19-28)24-9-3-2-4-10-24/h2-14,25,28H,15-19H2,1H3,(H,27,29). The van der Waals surface area contributed by atoms with Gasteiger partial charge in [-0.25, -0.2) is 0 Å². The fourth-order valence-corrected chi connectivity index (χ4v) is 3.57. The monoisotopic (exact) mass is 387 g/mol. The zero-order valence-corrected chi connectivity index (χ0v) is 17.0. The van der Waals surface area contributed by atoms with Crippen LogP contribution in [0.1, 0.15) is 33.7 Å². The van der Waals surface area contributed by atoms with Gasteiger partial charge in [0, 0.05) is 12.5 Å². The predicted octanol–water partition coefficient (Wildman–Crippen LogP) is 4.22. The average molecular weight is 388 g/mol. The Labute approximate surface area is 173 Å². The summed E-state index contributed by atoms with van der Waals surface area (Å²) in [5.74, 6) is 0.135. The highest BCUT2D eigenvalue weighted by Crippen LogP contribution is 2.20. The van der Waals surface area contributed by atoms with Crippen molar-refractivity contribution in [3.05, 3.63) is 107 Å². The van der Waals surface area contributed by atoms with Crippen LogP contribution in [-0.2, 0) is 24.1 Å². The van der Waals surface area contributed by atoms with Gasteiger partial charge in [-0.3, -0.25) is 4.79 Å². The number of carbonyl (C=O) groups excluding carboxylic acids is 1. The molecule has 1 atom stereocenters. The first-order valence-electron chi connectivity index (χ1n) is 10.2. The molecule has 0 aliphatic carbocycles. The Bertz CT molecular complexity index is 904. The molecule has 3 aromatic carbocycles. The summed E-state index contributed by atoms with van der Waals surface area (Å²) < 4.78 is 0. The Morgan fingerprint density at radius 1 is 0.897 bits per heavy atom. The van der Waals surface area contributed by atoms with Gasteiger partial charge in [-0.05, 0) is 47.6 Å². The zero-order chi connectivity index (χ0) is 20.5. The van der Waals surface area contributed by atoms with Gasteiger partial charge in [-0.15, -0.1) is 0 Å². The van der Waals surface area contributed by atoms with Crippen molar-refractivity contribution in [2.75, 3.05) is 13.2 Å². The van der Waals surface area contributed by atoms with E-state index in [2.05, 4.69) is 48.6 Å². The number of hydrogen-bond acceptors (Lipinski definition) is 2. The minimum atomic E-state index is 0.0452.